The molecular formula is C17H18Cl2N2O3. The Morgan fingerprint density at radius 3 is 2.71 bits per heavy atom. The Kier molecular flexibility index (Phi) is 5.01. The highest BCUT2D eigenvalue weighted by atomic mass is 35.5. The Hall–Kier alpha value is -1.72. The average Bonchev–Trinajstić information content (AvgIpc) is 3.35. The minimum absolute atomic E-state index is 0.168. The van der Waals surface area contributed by atoms with Crippen LogP contribution < -0.4 is 5.32 Å². The van der Waals surface area contributed by atoms with Gasteiger partial charge in [-0.2, -0.15) is 0 Å². The summed E-state index contributed by atoms with van der Waals surface area (Å²) < 4.78 is 0. The number of nitrogens with one attached hydrogen (secondary N) is 1. The Balaban J connectivity index is 1.47. The summed E-state index contributed by atoms with van der Waals surface area (Å²) in [6.07, 6.45) is 3.35. The quantitative estimate of drug-likeness (QED) is 0.758. The highest BCUT2D eigenvalue weighted by Crippen LogP contribution is 2.32. The molecule has 1 aliphatic heterocycles. The first-order valence-corrected chi connectivity index (χ1v) is 8.68. The van der Waals surface area contributed by atoms with Crippen molar-refractivity contribution >= 4 is 35.0 Å². The van der Waals surface area contributed by atoms with Gasteiger partial charge in [-0.1, -0.05) is 29.3 Å². The fourth-order valence-electron chi connectivity index (χ4n) is 2.74. The lowest BCUT2D eigenvalue weighted by Crippen LogP contribution is -2.32. The first-order valence-electron chi connectivity index (χ1n) is 7.92. The molecular weight excluding hydrogens is 351 g/mol. The molecule has 0 aromatic heterocycles. The molecule has 1 fully saturated rings. The van der Waals surface area contributed by atoms with E-state index in [0.29, 0.717) is 16.6 Å². The molecule has 1 saturated carbocycles. The van der Waals surface area contributed by atoms with Crippen LogP contribution in [0.5, 0.6) is 0 Å². The number of aryl methyl sites for hydroxylation is 1. The van der Waals surface area contributed by atoms with E-state index in [4.69, 9.17) is 23.2 Å². The summed E-state index contributed by atoms with van der Waals surface area (Å²) in [7, 11) is 0. The number of rotatable bonds is 6. The van der Waals surface area contributed by atoms with Gasteiger partial charge in [-0.25, -0.2) is 0 Å². The molecule has 1 aromatic carbocycles. The van der Waals surface area contributed by atoms with Crippen molar-refractivity contribution in [1.29, 1.82) is 0 Å². The summed E-state index contributed by atoms with van der Waals surface area (Å²) in [4.78, 5) is 25.6. The topological polar surface area (TPSA) is 69.6 Å². The molecule has 24 heavy (non-hydrogen) atoms. The molecule has 1 heterocycles. The molecule has 1 aromatic rings. The van der Waals surface area contributed by atoms with Crippen LogP contribution in [0.4, 0.5) is 0 Å². The molecule has 0 unspecified atom stereocenters. The number of aliphatic hydroxyl groups excluding tert-OH is 1. The molecule has 2 N–H and O–H groups in total. The second-order valence-electron chi connectivity index (χ2n) is 6.10. The third-order valence-electron chi connectivity index (χ3n) is 4.25. The molecule has 0 atom stereocenters. The zero-order chi connectivity index (χ0) is 17.3. The highest BCUT2D eigenvalue weighted by molar-refractivity contribution is 6.42. The van der Waals surface area contributed by atoms with E-state index in [1.807, 2.05) is 12.1 Å². The summed E-state index contributed by atoms with van der Waals surface area (Å²) >= 11 is 11.8. The highest BCUT2D eigenvalue weighted by Gasteiger charge is 2.41. The van der Waals surface area contributed by atoms with E-state index in [1.54, 1.807) is 11.0 Å². The lowest BCUT2D eigenvalue weighted by Gasteiger charge is -2.14. The van der Waals surface area contributed by atoms with Gasteiger partial charge >= 0.3 is 0 Å². The number of carbonyl (C=O) groups is 2. The molecule has 0 bridgehead atoms. The Labute approximate surface area is 150 Å². The molecule has 128 valence electrons. The third-order valence-corrected chi connectivity index (χ3v) is 4.99. The monoisotopic (exact) mass is 368 g/mol. The Morgan fingerprint density at radius 1 is 1.29 bits per heavy atom. The van der Waals surface area contributed by atoms with Crippen LogP contribution in [-0.2, 0) is 16.0 Å². The van der Waals surface area contributed by atoms with Crippen molar-refractivity contribution < 1.29 is 14.7 Å². The molecule has 2 amide bonds. The number of benzene rings is 1. The maximum absolute atomic E-state index is 12.2. The van der Waals surface area contributed by atoms with Gasteiger partial charge in [0.05, 0.1) is 22.2 Å². The van der Waals surface area contributed by atoms with E-state index in [-0.39, 0.29) is 24.1 Å². The van der Waals surface area contributed by atoms with Gasteiger partial charge in [-0.05, 0) is 43.4 Å². The summed E-state index contributed by atoms with van der Waals surface area (Å²) in [6.45, 7) is 0.654. The van der Waals surface area contributed by atoms with Crippen molar-refractivity contribution in [2.75, 3.05) is 13.1 Å². The van der Waals surface area contributed by atoms with E-state index in [2.05, 4.69) is 5.32 Å². The predicted molar refractivity (Wildman–Crippen MR) is 92.2 cm³/mol. The molecule has 0 spiro atoms. The predicted octanol–water partition coefficient (Wildman–Crippen LogP) is 2.86. The van der Waals surface area contributed by atoms with Crippen LogP contribution in [0.2, 0.25) is 10.0 Å². The number of amides is 2. The molecule has 0 radical (unpaired) electrons. The van der Waals surface area contributed by atoms with E-state index in [9.17, 15) is 14.7 Å². The number of hydrogen-bond acceptors (Lipinski definition) is 3. The zero-order valence-electron chi connectivity index (χ0n) is 13.0. The minimum Gasteiger partial charge on any atom is -0.503 e. The van der Waals surface area contributed by atoms with Gasteiger partial charge in [0.15, 0.2) is 5.76 Å². The smallest absolute Gasteiger partial charge is 0.289 e. The minimum atomic E-state index is -0.432. The molecule has 2 aliphatic rings. The fourth-order valence-corrected chi connectivity index (χ4v) is 3.06. The van der Waals surface area contributed by atoms with Gasteiger partial charge in [-0.3, -0.25) is 9.59 Å². The summed E-state index contributed by atoms with van der Waals surface area (Å²) in [5, 5.41) is 13.7. The van der Waals surface area contributed by atoms with E-state index in [1.165, 1.54) is 0 Å². The van der Waals surface area contributed by atoms with E-state index >= 15 is 0 Å². The van der Waals surface area contributed by atoms with Gasteiger partial charge in [0.2, 0.25) is 0 Å². The van der Waals surface area contributed by atoms with Gasteiger partial charge in [0, 0.05) is 12.6 Å². The Morgan fingerprint density at radius 2 is 2.04 bits per heavy atom. The second-order valence-corrected chi connectivity index (χ2v) is 6.91. The fraction of sp³-hybridized carbons (Fsp3) is 0.412. The largest absolute Gasteiger partial charge is 0.503 e. The lowest BCUT2D eigenvalue weighted by atomic mass is 10.1. The molecule has 7 heteroatoms. The first kappa shape index (κ1) is 17.1. The van der Waals surface area contributed by atoms with Gasteiger partial charge in [0.25, 0.3) is 11.8 Å². The maximum atomic E-state index is 12.2. The molecule has 0 saturated heterocycles. The molecule has 1 aliphatic carbocycles. The molecule has 5 nitrogen and oxygen atoms in total. The zero-order valence-corrected chi connectivity index (χ0v) is 14.5. The standard InChI is InChI=1S/C17H18Cl2N2O3/c18-13-6-3-10(8-14(13)19)2-1-7-20-16(23)12-9-21(11-4-5-11)17(24)15(12)22/h3,6,8,11,22H,1-2,4-5,7,9H2,(H,20,23). The second kappa shape index (κ2) is 7.03. The number of halogens is 2. The van der Waals surface area contributed by atoms with Crippen LogP contribution in [-0.4, -0.2) is 41.0 Å². The van der Waals surface area contributed by atoms with Gasteiger partial charge < -0.3 is 15.3 Å². The lowest BCUT2D eigenvalue weighted by molar-refractivity contribution is -0.128. The van der Waals surface area contributed by atoms with Crippen molar-refractivity contribution in [2.24, 2.45) is 0 Å². The maximum Gasteiger partial charge on any atom is 0.289 e. The number of nitrogens with zero attached hydrogens (tertiary/aromatic N) is 1. The van der Waals surface area contributed by atoms with Crippen molar-refractivity contribution in [3.63, 3.8) is 0 Å². The van der Waals surface area contributed by atoms with Crippen molar-refractivity contribution in [3.8, 4) is 0 Å². The van der Waals surface area contributed by atoms with Crippen LogP contribution in [0.3, 0.4) is 0 Å². The van der Waals surface area contributed by atoms with Crippen LogP contribution in [0, 0.1) is 0 Å². The van der Waals surface area contributed by atoms with Gasteiger partial charge in [0.1, 0.15) is 0 Å². The number of hydrogen-bond donors (Lipinski definition) is 2. The number of aliphatic hydroxyl groups is 1. The average molecular weight is 369 g/mol. The van der Waals surface area contributed by atoms with E-state index < -0.39 is 11.7 Å². The Bertz CT molecular complexity index is 714. The number of carbonyl (C=O) groups excluding carboxylic acids is 2. The van der Waals surface area contributed by atoms with Crippen LogP contribution in [0.25, 0.3) is 0 Å². The first-order chi connectivity index (χ1) is 11.5. The van der Waals surface area contributed by atoms with Crippen molar-refractivity contribution in [3.05, 3.63) is 45.1 Å². The van der Waals surface area contributed by atoms with Crippen LogP contribution in [0.15, 0.2) is 29.5 Å². The van der Waals surface area contributed by atoms with Crippen LogP contribution >= 0.6 is 23.2 Å². The van der Waals surface area contributed by atoms with Crippen LogP contribution in [0.1, 0.15) is 24.8 Å². The summed E-state index contributed by atoms with van der Waals surface area (Å²) in [5.74, 6) is -1.22. The van der Waals surface area contributed by atoms with Crippen molar-refractivity contribution in [1.82, 2.24) is 10.2 Å². The van der Waals surface area contributed by atoms with Crippen molar-refractivity contribution in [2.45, 2.75) is 31.7 Å². The normalized spacial score (nSPS) is 17.6. The SMILES string of the molecule is O=C(NCCCc1ccc(Cl)c(Cl)c1)C1=C(O)C(=O)N(C2CC2)C1. The summed E-state index contributed by atoms with van der Waals surface area (Å²) in [5.41, 5.74) is 1.21. The molecule has 3 rings (SSSR count). The van der Waals surface area contributed by atoms with Gasteiger partial charge in [-0.15, -0.1) is 0 Å². The summed E-state index contributed by atoms with van der Waals surface area (Å²) in [6, 6.07) is 5.63. The van der Waals surface area contributed by atoms with E-state index in [0.717, 1.165) is 31.2 Å². The third kappa shape index (κ3) is 3.68.